The highest BCUT2D eigenvalue weighted by Gasteiger charge is 2.27. The van der Waals surface area contributed by atoms with Crippen molar-refractivity contribution in [3.05, 3.63) is 192 Å². The number of fused-ring (bicyclic) bond motifs is 14. The van der Waals surface area contributed by atoms with Gasteiger partial charge in [0, 0.05) is 65.3 Å². The summed E-state index contributed by atoms with van der Waals surface area (Å²) in [5, 5.41) is 12.7. The van der Waals surface area contributed by atoms with Crippen LogP contribution in [0.1, 0.15) is 18.7 Å². The average Bonchev–Trinajstić information content (AvgIpc) is 3.95. The minimum atomic E-state index is 0.680. The van der Waals surface area contributed by atoms with Crippen molar-refractivity contribution in [2.75, 3.05) is 0 Å². The van der Waals surface area contributed by atoms with Gasteiger partial charge < -0.3 is 8.97 Å². The van der Waals surface area contributed by atoms with Crippen LogP contribution in [0, 0.1) is 0 Å². The molecule has 13 rings (SSSR count). The molecule has 0 amide bonds. The van der Waals surface area contributed by atoms with Crippen molar-refractivity contribution in [3.63, 3.8) is 0 Å². The Morgan fingerprint density at radius 3 is 1.62 bits per heavy atom. The number of aromatic nitrogens is 5. The first-order chi connectivity index (χ1) is 28.8. The maximum atomic E-state index is 5.20. The highest BCUT2D eigenvalue weighted by atomic mass is 15.0. The molecule has 1 aliphatic rings. The first-order valence-electron chi connectivity index (χ1n) is 20.0. The maximum absolute atomic E-state index is 5.20. The Labute approximate surface area is 332 Å². The highest BCUT2D eigenvalue weighted by molar-refractivity contribution is 6.39. The molecule has 0 radical (unpaired) electrons. The number of hydrogen-bond acceptors (Lipinski definition) is 3. The molecule has 0 fully saturated rings. The third-order valence-corrected chi connectivity index (χ3v) is 12.4. The van der Waals surface area contributed by atoms with Crippen molar-refractivity contribution in [1.82, 2.24) is 23.9 Å². The Balaban J connectivity index is 1.18. The summed E-state index contributed by atoms with van der Waals surface area (Å²) in [5.74, 6) is 2.09. The molecular weight excluding hydrogens is 707 g/mol. The molecule has 4 aromatic heterocycles. The van der Waals surface area contributed by atoms with Gasteiger partial charge in [0.25, 0.3) is 0 Å². The van der Waals surface area contributed by atoms with E-state index in [0.29, 0.717) is 11.6 Å². The first kappa shape index (κ1) is 31.6. The van der Waals surface area contributed by atoms with Crippen molar-refractivity contribution in [3.8, 4) is 22.8 Å². The SMILES string of the molecule is c1ccc(-c2nc(C3=c4ccccc4=C(n4c5ccccc5c5c4c4ccccc4c4c6cccc7c8ccccc8n(c76)c45)CC3)nc(-c3ccccc3)n2)cc1. The van der Waals surface area contributed by atoms with E-state index in [2.05, 4.69) is 148 Å². The van der Waals surface area contributed by atoms with Crippen molar-refractivity contribution in [1.29, 1.82) is 0 Å². The van der Waals surface area contributed by atoms with Crippen LogP contribution in [0.2, 0.25) is 0 Å². The van der Waals surface area contributed by atoms with Gasteiger partial charge in [0.05, 0.1) is 27.6 Å². The fourth-order valence-corrected chi connectivity index (χ4v) is 10.0. The minimum Gasteiger partial charge on any atom is -0.312 e. The van der Waals surface area contributed by atoms with E-state index in [1.165, 1.54) is 81.6 Å². The summed E-state index contributed by atoms with van der Waals surface area (Å²) in [5.41, 5.74) is 10.7. The highest BCUT2D eigenvalue weighted by Crippen LogP contribution is 2.48. The van der Waals surface area contributed by atoms with Crippen molar-refractivity contribution < 1.29 is 0 Å². The molecule has 0 saturated carbocycles. The summed E-state index contributed by atoms with van der Waals surface area (Å²) in [6, 6.07) is 63.1. The summed E-state index contributed by atoms with van der Waals surface area (Å²) < 4.78 is 5.15. The van der Waals surface area contributed by atoms with Crippen LogP contribution in [-0.4, -0.2) is 23.9 Å². The van der Waals surface area contributed by atoms with Crippen LogP contribution in [0.25, 0.3) is 105 Å². The Morgan fingerprint density at radius 1 is 0.345 bits per heavy atom. The van der Waals surface area contributed by atoms with Gasteiger partial charge in [-0.3, -0.25) is 0 Å². The molecule has 8 aromatic carbocycles. The summed E-state index contributed by atoms with van der Waals surface area (Å²) in [7, 11) is 0. The Bertz CT molecular complexity index is 3720. The molecule has 4 heterocycles. The van der Waals surface area contributed by atoms with Crippen LogP contribution in [0.4, 0.5) is 0 Å². The fraction of sp³-hybridized carbons (Fsp3) is 0.0377. The van der Waals surface area contributed by atoms with Crippen LogP contribution in [0.5, 0.6) is 0 Å². The van der Waals surface area contributed by atoms with E-state index in [1.54, 1.807) is 0 Å². The Kier molecular flexibility index (Phi) is 6.50. The number of rotatable bonds is 4. The second-order valence-electron chi connectivity index (χ2n) is 15.4. The van der Waals surface area contributed by atoms with Gasteiger partial charge in [-0.1, -0.05) is 164 Å². The predicted molar refractivity (Wildman–Crippen MR) is 239 cm³/mol. The third-order valence-electron chi connectivity index (χ3n) is 12.4. The van der Waals surface area contributed by atoms with Crippen LogP contribution < -0.4 is 10.4 Å². The zero-order valence-electron chi connectivity index (χ0n) is 31.4. The van der Waals surface area contributed by atoms with Gasteiger partial charge in [-0.05, 0) is 35.6 Å². The molecule has 5 nitrogen and oxygen atoms in total. The predicted octanol–water partition coefficient (Wildman–Crippen LogP) is 11.3. The molecule has 270 valence electrons. The molecule has 0 spiro atoms. The van der Waals surface area contributed by atoms with Crippen molar-refractivity contribution in [2.24, 2.45) is 0 Å². The van der Waals surface area contributed by atoms with Gasteiger partial charge in [-0.2, -0.15) is 0 Å². The molecule has 0 atom stereocenters. The second-order valence-corrected chi connectivity index (χ2v) is 15.4. The normalized spacial score (nSPS) is 13.3. The zero-order valence-corrected chi connectivity index (χ0v) is 31.4. The average molecular weight is 740 g/mol. The lowest BCUT2D eigenvalue weighted by Crippen LogP contribution is -2.34. The molecule has 5 heteroatoms. The quantitative estimate of drug-likeness (QED) is 0.181. The van der Waals surface area contributed by atoms with E-state index < -0.39 is 0 Å². The number of para-hydroxylation sites is 3. The van der Waals surface area contributed by atoms with Crippen LogP contribution in [0.3, 0.4) is 0 Å². The van der Waals surface area contributed by atoms with E-state index in [4.69, 9.17) is 15.0 Å². The fourth-order valence-electron chi connectivity index (χ4n) is 10.0. The van der Waals surface area contributed by atoms with Gasteiger partial charge in [-0.25, -0.2) is 15.0 Å². The lowest BCUT2D eigenvalue weighted by atomic mass is 9.95. The van der Waals surface area contributed by atoms with E-state index in [1.807, 2.05) is 36.4 Å². The van der Waals surface area contributed by atoms with Gasteiger partial charge in [-0.15, -0.1) is 0 Å². The van der Waals surface area contributed by atoms with E-state index in [9.17, 15) is 0 Å². The molecule has 1 aliphatic carbocycles. The zero-order chi connectivity index (χ0) is 37.9. The molecular formula is C53H33N5. The summed E-state index contributed by atoms with van der Waals surface area (Å²) in [6.45, 7) is 0. The largest absolute Gasteiger partial charge is 0.312 e. The standard InChI is InChI=1S/C53H33N5/c1-3-16-32(17-4-1)51-54-52(33-18-5-2-6-19-33)56-53(55-51)40-30-31-45(35-21-8-7-20-34(35)40)57-44-29-14-12-25-41(44)47-49(57)39-24-10-9-23-37(39)46-42-27-15-26-38-36-22-11-13-28-43(36)58(48(38)42)50(46)47/h1-29H,30-31H2. The summed E-state index contributed by atoms with van der Waals surface area (Å²) in [4.78, 5) is 15.4. The monoisotopic (exact) mass is 739 g/mol. The maximum Gasteiger partial charge on any atom is 0.164 e. The third kappa shape index (κ3) is 4.27. The summed E-state index contributed by atoms with van der Waals surface area (Å²) in [6.07, 6.45) is 1.60. The molecule has 0 bridgehead atoms. The van der Waals surface area contributed by atoms with E-state index in [0.717, 1.165) is 40.6 Å². The lowest BCUT2D eigenvalue weighted by Gasteiger charge is -2.20. The molecule has 58 heavy (non-hydrogen) atoms. The molecule has 0 N–H and O–H groups in total. The lowest BCUT2D eigenvalue weighted by molar-refractivity contribution is 0.935. The molecule has 12 aromatic rings. The number of hydrogen-bond donors (Lipinski definition) is 0. The molecule has 0 saturated heterocycles. The van der Waals surface area contributed by atoms with Gasteiger partial charge in [0.1, 0.15) is 0 Å². The van der Waals surface area contributed by atoms with Crippen molar-refractivity contribution in [2.45, 2.75) is 12.8 Å². The van der Waals surface area contributed by atoms with Gasteiger partial charge in [0.15, 0.2) is 17.5 Å². The summed E-state index contributed by atoms with van der Waals surface area (Å²) >= 11 is 0. The minimum absolute atomic E-state index is 0.680. The van der Waals surface area contributed by atoms with Gasteiger partial charge >= 0.3 is 0 Å². The van der Waals surface area contributed by atoms with Crippen LogP contribution in [-0.2, 0) is 0 Å². The Morgan fingerprint density at radius 2 is 0.879 bits per heavy atom. The van der Waals surface area contributed by atoms with Crippen LogP contribution >= 0.6 is 0 Å². The van der Waals surface area contributed by atoms with Gasteiger partial charge in [0.2, 0.25) is 0 Å². The topological polar surface area (TPSA) is 48.0 Å². The number of nitrogens with zero attached hydrogens (tertiary/aromatic N) is 5. The van der Waals surface area contributed by atoms with Crippen LogP contribution in [0.15, 0.2) is 176 Å². The second kappa shape index (κ2) is 11.9. The van der Waals surface area contributed by atoms with E-state index >= 15 is 0 Å². The Hall–Kier alpha value is -7.63. The molecule has 0 unspecified atom stereocenters. The van der Waals surface area contributed by atoms with Crippen molar-refractivity contribution >= 4 is 81.9 Å². The number of benzene rings is 8. The first-order valence-corrected chi connectivity index (χ1v) is 20.0. The smallest absolute Gasteiger partial charge is 0.164 e. The van der Waals surface area contributed by atoms with E-state index in [-0.39, 0.29) is 0 Å². The molecule has 0 aliphatic heterocycles.